The standard InChI is InChI=1S/C13H17FN2O5/c1-19-4-5-20-13-10(15)7-12(13)21-8-2-3-11(16(17)18)9(14)6-8/h2-3,6,10,12-13H,4-5,7,15H2,1H3. The van der Waals surface area contributed by atoms with Gasteiger partial charge < -0.3 is 19.9 Å². The molecule has 3 atom stereocenters. The molecule has 1 saturated carbocycles. The molecule has 1 aliphatic rings. The predicted octanol–water partition coefficient (Wildman–Crippen LogP) is 1.24. The van der Waals surface area contributed by atoms with Crippen molar-refractivity contribution in [2.75, 3.05) is 20.3 Å². The smallest absolute Gasteiger partial charge is 0.305 e. The highest BCUT2D eigenvalue weighted by molar-refractivity contribution is 5.38. The van der Waals surface area contributed by atoms with E-state index in [1.54, 1.807) is 7.11 Å². The van der Waals surface area contributed by atoms with Gasteiger partial charge in [-0.25, -0.2) is 0 Å². The van der Waals surface area contributed by atoms with Crippen LogP contribution in [0, 0.1) is 15.9 Å². The number of ether oxygens (including phenoxy) is 3. The van der Waals surface area contributed by atoms with Crippen molar-refractivity contribution in [2.24, 2.45) is 5.73 Å². The summed E-state index contributed by atoms with van der Waals surface area (Å²) < 4.78 is 29.5. The van der Waals surface area contributed by atoms with Crippen LogP contribution >= 0.6 is 0 Å². The number of nitrogens with two attached hydrogens (primary N) is 1. The number of hydrogen-bond donors (Lipinski definition) is 1. The molecule has 0 aliphatic heterocycles. The lowest BCUT2D eigenvalue weighted by Gasteiger charge is -2.41. The molecule has 0 bridgehead atoms. The number of nitrogens with zero attached hydrogens (tertiary/aromatic N) is 1. The van der Waals surface area contributed by atoms with Crippen molar-refractivity contribution in [3.8, 4) is 5.75 Å². The Kier molecular flexibility index (Phi) is 5.05. The molecule has 0 radical (unpaired) electrons. The fourth-order valence-corrected chi connectivity index (χ4v) is 2.11. The van der Waals surface area contributed by atoms with Crippen molar-refractivity contribution < 1.29 is 23.5 Å². The summed E-state index contributed by atoms with van der Waals surface area (Å²) in [6.45, 7) is 0.839. The summed E-state index contributed by atoms with van der Waals surface area (Å²) in [6.07, 6.45) is -0.00731. The monoisotopic (exact) mass is 300 g/mol. The second-order valence-electron chi connectivity index (χ2n) is 4.75. The van der Waals surface area contributed by atoms with Gasteiger partial charge in [0.25, 0.3) is 0 Å². The van der Waals surface area contributed by atoms with Crippen LogP contribution < -0.4 is 10.5 Å². The Morgan fingerprint density at radius 1 is 1.48 bits per heavy atom. The Morgan fingerprint density at radius 2 is 2.24 bits per heavy atom. The molecular weight excluding hydrogens is 283 g/mol. The van der Waals surface area contributed by atoms with Gasteiger partial charge in [-0.1, -0.05) is 0 Å². The van der Waals surface area contributed by atoms with Gasteiger partial charge in [-0.3, -0.25) is 10.1 Å². The number of halogens is 1. The molecule has 2 N–H and O–H groups in total. The summed E-state index contributed by atoms with van der Waals surface area (Å²) in [6, 6.07) is 3.28. The van der Waals surface area contributed by atoms with Crippen LogP contribution in [-0.2, 0) is 9.47 Å². The Morgan fingerprint density at radius 3 is 2.81 bits per heavy atom. The van der Waals surface area contributed by atoms with Crippen LogP contribution in [0.15, 0.2) is 18.2 Å². The normalized spacial score (nSPS) is 24.4. The zero-order valence-corrected chi connectivity index (χ0v) is 11.5. The lowest BCUT2D eigenvalue weighted by atomic mass is 9.86. The van der Waals surface area contributed by atoms with E-state index >= 15 is 0 Å². The summed E-state index contributed by atoms with van der Waals surface area (Å²) in [7, 11) is 1.57. The zero-order valence-electron chi connectivity index (χ0n) is 11.5. The third kappa shape index (κ3) is 3.66. The first-order valence-electron chi connectivity index (χ1n) is 6.49. The first kappa shape index (κ1) is 15.6. The van der Waals surface area contributed by atoms with Gasteiger partial charge in [0, 0.05) is 31.7 Å². The van der Waals surface area contributed by atoms with Gasteiger partial charge in [-0.05, 0) is 6.07 Å². The average Bonchev–Trinajstić information content (AvgIpc) is 2.42. The third-order valence-corrected chi connectivity index (χ3v) is 3.29. The number of nitro benzene ring substituents is 1. The molecule has 1 aliphatic carbocycles. The Balaban J connectivity index is 1.95. The molecule has 1 fully saturated rings. The maximum absolute atomic E-state index is 13.5. The molecule has 1 aromatic rings. The summed E-state index contributed by atoms with van der Waals surface area (Å²) in [5, 5.41) is 10.5. The van der Waals surface area contributed by atoms with Gasteiger partial charge in [0.05, 0.1) is 18.1 Å². The van der Waals surface area contributed by atoms with Crippen LogP contribution in [0.2, 0.25) is 0 Å². The molecule has 0 saturated heterocycles. The van der Waals surface area contributed by atoms with E-state index in [1.165, 1.54) is 6.07 Å². The van der Waals surface area contributed by atoms with Crippen molar-refractivity contribution in [3.63, 3.8) is 0 Å². The minimum Gasteiger partial charge on any atom is -0.487 e. The molecule has 1 aromatic carbocycles. The quantitative estimate of drug-likeness (QED) is 0.462. The SMILES string of the molecule is COCCOC1C(N)CC1Oc1ccc([N+](=O)[O-])c(F)c1. The number of benzene rings is 1. The van der Waals surface area contributed by atoms with E-state index in [9.17, 15) is 14.5 Å². The highest BCUT2D eigenvalue weighted by Gasteiger charge is 2.41. The van der Waals surface area contributed by atoms with Crippen molar-refractivity contribution >= 4 is 5.69 Å². The van der Waals surface area contributed by atoms with Crippen molar-refractivity contribution in [2.45, 2.75) is 24.7 Å². The number of nitro groups is 1. The minimum absolute atomic E-state index is 0.144. The molecule has 3 unspecified atom stereocenters. The molecule has 0 aromatic heterocycles. The van der Waals surface area contributed by atoms with Crippen LogP contribution in [0.5, 0.6) is 5.75 Å². The van der Waals surface area contributed by atoms with Gasteiger partial charge in [-0.15, -0.1) is 0 Å². The largest absolute Gasteiger partial charge is 0.487 e. The first-order valence-corrected chi connectivity index (χ1v) is 6.49. The second kappa shape index (κ2) is 6.79. The van der Waals surface area contributed by atoms with Gasteiger partial charge >= 0.3 is 5.69 Å². The Labute approximate surface area is 120 Å². The molecule has 0 heterocycles. The minimum atomic E-state index is -0.932. The van der Waals surface area contributed by atoms with Gasteiger partial charge in [0.1, 0.15) is 18.0 Å². The van der Waals surface area contributed by atoms with E-state index in [-0.39, 0.29) is 24.0 Å². The number of methoxy groups -OCH3 is 1. The third-order valence-electron chi connectivity index (χ3n) is 3.29. The van der Waals surface area contributed by atoms with Crippen LogP contribution in [0.4, 0.5) is 10.1 Å². The average molecular weight is 300 g/mol. The summed E-state index contributed by atoms with van der Waals surface area (Å²) in [4.78, 5) is 9.76. The van der Waals surface area contributed by atoms with Crippen LogP contribution in [-0.4, -0.2) is 43.5 Å². The molecule has 8 heteroatoms. The van der Waals surface area contributed by atoms with Gasteiger partial charge in [-0.2, -0.15) is 4.39 Å². The summed E-state index contributed by atoms with van der Waals surface area (Å²) >= 11 is 0. The zero-order chi connectivity index (χ0) is 15.4. The predicted molar refractivity (Wildman–Crippen MR) is 71.7 cm³/mol. The van der Waals surface area contributed by atoms with Crippen LogP contribution in [0.25, 0.3) is 0 Å². The first-order chi connectivity index (χ1) is 10.0. The molecule has 0 amide bonds. The van der Waals surface area contributed by atoms with E-state index in [0.717, 1.165) is 12.1 Å². The number of hydrogen-bond acceptors (Lipinski definition) is 6. The van der Waals surface area contributed by atoms with Crippen molar-refractivity contribution in [1.29, 1.82) is 0 Å². The lowest BCUT2D eigenvalue weighted by molar-refractivity contribution is -0.387. The fraction of sp³-hybridized carbons (Fsp3) is 0.538. The van der Waals surface area contributed by atoms with E-state index in [0.29, 0.717) is 19.6 Å². The highest BCUT2D eigenvalue weighted by Crippen LogP contribution is 2.30. The topological polar surface area (TPSA) is 96.9 Å². The fourth-order valence-electron chi connectivity index (χ4n) is 2.11. The molecular formula is C13H17FN2O5. The highest BCUT2D eigenvalue weighted by atomic mass is 19.1. The second-order valence-corrected chi connectivity index (χ2v) is 4.75. The van der Waals surface area contributed by atoms with Crippen LogP contribution in [0.3, 0.4) is 0 Å². The molecule has 116 valence electrons. The van der Waals surface area contributed by atoms with E-state index in [1.807, 2.05) is 0 Å². The van der Waals surface area contributed by atoms with Gasteiger partial charge in [0.2, 0.25) is 5.82 Å². The summed E-state index contributed by atoms with van der Waals surface area (Å²) in [5.41, 5.74) is 5.25. The van der Waals surface area contributed by atoms with E-state index < -0.39 is 16.4 Å². The molecule has 0 spiro atoms. The van der Waals surface area contributed by atoms with E-state index in [4.69, 9.17) is 19.9 Å². The van der Waals surface area contributed by atoms with E-state index in [2.05, 4.69) is 0 Å². The molecule has 7 nitrogen and oxygen atoms in total. The summed E-state index contributed by atoms with van der Waals surface area (Å²) in [5.74, 6) is -0.715. The maximum atomic E-state index is 13.5. The maximum Gasteiger partial charge on any atom is 0.305 e. The van der Waals surface area contributed by atoms with Gasteiger partial charge in [0.15, 0.2) is 0 Å². The van der Waals surface area contributed by atoms with Crippen LogP contribution in [0.1, 0.15) is 6.42 Å². The Bertz CT molecular complexity index is 513. The Hall–Kier alpha value is -1.77. The number of rotatable bonds is 7. The molecule has 2 rings (SSSR count). The van der Waals surface area contributed by atoms with Crippen molar-refractivity contribution in [3.05, 3.63) is 34.1 Å². The lowest BCUT2D eigenvalue weighted by Crippen LogP contribution is -2.59. The van der Waals surface area contributed by atoms with Crippen molar-refractivity contribution in [1.82, 2.24) is 0 Å². The molecule has 21 heavy (non-hydrogen) atoms.